The van der Waals surface area contributed by atoms with E-state index in [2.05, 4.69) is 22.4 Å². The van der Waals surface area contributed by atoms with Crippen molar-refractivity contribution < 1.29 is 9.50 Å². The highest BCUT2D eigenvalue weighted by Crippen LogP contribution is 2.23. The van der Waals surface area contributed by atoms with Gasteiger partial charge in [-0.2, -0.15) is 0 Å². The predicted molar refractivity (Wildman–Crippen MR) is 89.4 cm³/mol. The standard InChI is InChI=1S/C18H18FN3O/c1-22-12-15(14-7-8-17(23)16(19)9-14)11-21-18(22)20-10-13-5-3-2-4-6-13/h2-9,11-12,18,20,23H,10H2,1H3. The molecule has 23 heavy (non-hydrogen) atoms. The summed E-state index contributed by atoms with van der Waals surface area (Å²) in [7, 11) is 1.91. The molecule has 2 N–H and O–H groups in total. The first-order chi connectivity index (χ1) is 11.1. The van der Waals surface area contributed by atoms with E-state index >= 15 is 0 Å². The van der Waals surface area contributed by atoms with Crippen LogP contribution < -0.4 is 5.32 Å². The second-order valence-corrected chi connectivity index (χ2v) is 5.43. The number of phenols is 1. The zero-order valence-corrected chi connectivity index (χ0v) is 12.8. The van der Waals surface area contributed by atoms with Gasteiger partial charge in [-0.15, -0.1) is 0 Å². The molecular weight excluding hydrogens is 293 g/mol. The summed E-state index contributed by atoms with van der Waals surface area (Å²) in [5.74, 6) is -0.985. The van der Waals surface area contributed by atoms with Crippen LogP contribution in [0.25, 0.3) is 5.57 Å². The molecule has 1 atom stereocenters. The van der Waals surface area contributed by atoms with Crippen LogP contribution in [0.15, 0.2) is 59.7 Å². The number of halogens is 1. The lowest BCUT2D eigenvalue weighted by atomic mass is 10.1. The summed E-state index contributed by atoms with van der Waals surface area (Å²) in [5, 5.41) is 12.6. The van der Waals surface area contributed by atoms with E-state index in [4.69, 9.17) is 0 Å². The van der Waals surface area contributed by atoms with Gasteiger partial charge in [0, 0.05) is 31.6 Å². The van der Waals surface area contributed by atoms with Crippen LogP contribution in [0.1, 0.15) is 11.1 Å². The van der Waals surface area contributed by atoms with E-state index in [0.717, 1.165) is 5.57 Å². The molecule has 0 bridgehead atoms. The van der Waals surface area contributed by atoms with Gasteiger partial charge < -0.3 is 10.0 Å². The Morgan fingerprint density at radius 3 is 2.70 bits per heavy atom. The summed E-state index contributed by atoms with van der Waals surface area (Å²) in [6, 6.07) is 14.4. The van der Waals surface area contributed by atoms with Crippen LogP contribution in [0.5, 0.6) is 5.75 Å². The molecule has 0 saturated heterocycles. The maximum absolute atomic E-state index is 13.5. The second kappa shape index (κ2) is 6.62. The van der Waals surface area contributed by atoms with Crippen molar-refractivity contribution in [2.45, 2.75) is 12.8 Å². The fourth-order valence-electron chi connectivity index (χ4n) is 2.42. The molecular formula is C18H18FN3O. The molecule has 3 rings (SSSR count). The maximum atomic E-state index is 13.5. The maximum Gasteiger partial charge on any atom is 0.175 e. The van der Waals surface area contributed by atoms with Crippen LogP contribution >= 0.6 is 0 Å². The first kappa shape index (κ1) is 15.2. The van der Waals surface area contributed by atoms with Gasteiger partial charge in [0.25, 0.3) is 0 Å². The zero-order chi connectivity index (χ0) is 16.2. The normalized spacial score (nSPS) is 17.2. The SMILES string of the molecule is CN1C=C(c2ccc(O)c(F)c2)C=NC1NCc1ccccc1. The Kier molecular flexibility index (Phi) is 4.39. The van der Waals surface area contributed by atoms with Gasteiger partial charge in [0.15, 0.2) is 17.9 Å². The summed E-state index contributed by atoms with van der Waals surface area (Å²) < 4.78 is 13.5. The molecule has 0 aliphatic carbocycles. The lowest BCUT2D eigenvalue weighted by Gasteiger charge is -2.28. The highest BCUT2D eigenvalue weighted by molar-refractivity contribution is 6.10. The molecule has 1 aliphatic heterocycles. The molecule has 2 aromatic rings. The van der Waals surface area contributed by atoms with Gasteiger partial charge in [-0.1, -0.05) is 36.4 Å². The molecule has 0 spiro atoms. The minimum Gasteiger partial charge on any atom is -0.505 e. The number of hydrogen-bond acceptors (Lipinski definition) is 4. The van der Waals surface area contributed by atoms with Crippen molar-refractivity contribution in [3.63, 3.8) is 0 Å². The number of nitrogens with zero attached hydrogens (tertiary/aromatic N) is 2. The summed E-state index contributed by atoms with van der Waals surface area (Å²) in [6.45, 7) is 0.712. The molecule has 5 heteroatoms. The van der Waals surface area contributed by atoms with Gasteiger partial charge >= 0.3 is 0 Å². The first-order valence-corrected chi connectivity index (χ1v) is 7.36. The van der Waals surface area contributed by atoms with Gasteiger partial charge in [-0.05, 0) is 23.3 Å². The van der Waals surface area contributed by atoms with Crippen molar-refractivity contribution >= 4 is 11.8 Å². The fourth-order valence-corrected chi connectivity index (χ4v) is 2.42. The highest BCUT2D eigenvalue weighted by Gasteiger charge is 2.15. The Balaban J connectivity index is 1.67. The van der Waals surface area contributed by atoms with Crippen LogP contribution in [0.4, 0.5) is 4.39 Å². The Bertz CT molecular complexity index is 743. The van der Waals surface area contributed by atoms with Gasteiger partial charge in [0.05, 0.1) is 0 Å². The molecule has 4 nitrogen and oxygen atoms in total. The number of allylic oxidation sites excluding steroid dienone is 1. The minimum atomic E-state index is -0.635. The lowest BCUT2D eigenvalue weighted by Crippen LogP contribution is -2.40. The lowest BCUT2D eigenvalue weighted by molar-refractivity contribution is 0.282. The largest absolute Gasteiger partial charge is 0.505 e. The number of hydrogen-bond donors (Lipinski definition) is 2. The number of aliphatic imine (C=N–C) groups is 1. The third kappa shape index (κ3) is 3.57. The summed E-state index contributed by atoms with van der Waals surface area (Å²) in [5.41, 5.74) is 2.66. The summed E-state index contributed by atoms with van der Waals surface area (Å²) in [6.07, 6.45) is 3.46. The molecule has 1 heterocycles. The Labute approximate surface area is 134 Å². The van der Waals surface area contributed by atoms with Crippen molar-refractivity contribution in [3.05, 3.63) is 71.7 Å². The van der Waals surface area contributed by atoms with Gasteiger partial charge in [-0.3, -0.25) is 10.3 Å². The number of phenolic OH excluding ortho intramolecular Hbond substituents is 1. The van der Waals surface area contributed by atoms with Crippen molar-refractivity contribution in [1.82, 2.24) is 10.2 Å². The van der Waals surface area contributed by atoms with Gasteiger partial charge in [-0.25, -0.2) is 4.39 Å². The minimum absolute atomic E-state index is 0.166. The van der Waals surface area contributed by atoms with E-state index in [1.165, 1.54) is 17.7 Å². The van der Waals surface area contributed by atoms with E-state index in [1.807, 2.05) is 36.3 Å². The Morgan fingerprint density at radius 1 is 1.22 bits per heavy atom. The summed E-state index contributed by atoms with van der Waals surface area (Å²) in [4.78, 5) is 6.41. The fraction of sp³-hybridized carbons (Fsp3) is 0.167. The quantitative estimate of drug-likeness (QED) is 0.912. The Morgan fingerprint density at radius 2 is 2.00 bits per heavy atom. The molecule has 2 aromatic carbocycles. The number of rotatable bonds is 4. The molecule has 1 unspecified atom stereocenters. The predicted octanol–water partition coefficient (Wildman–Crippen LogP) is 2.96. The van der Waals surface area contributed by atoms with Crippen molar-refractivity contribution in [2.75, 3.05) is 7.05 Å². The topological polar surface area (TPSA) is 47.9 Å². The molecule has 0 aromatic heterocycles. The Hall–Kier alpha value is -2.66. The number of nitrogens with one attached hydrogen (secondary N) is 1. The van der Waals surface area contributed by atoms with Crippen LogP contribution in [0.3, 0.4) is 0 Å². The second-order valence-electron chi connectivity index (χ2n) is 5.43. The number of aromatic hydroxyl groups is 1. The molecule has 0 saturated carbocycles. The van der Waals surface area contributed by atoms with E-state index in [1.54, 1.807) is 12.3 Å². The molecule has 0 amide bonds. The van der Waals surface area contributed by atoms with Crippen molar-refractivity contribution in [1.29, 1.82) is 0 Å². The number of benzene rings is 2. The molecule has 1 aliphatic rings. The van der Waals surface area contributed by atoms with Crippen LogP contribution in [-0.2, 0) is 6.54 Å². The van der Waals surface area contributed by atoms with E-state index in [-0.39, 0.29) is 12.0 Å². The first-order valence-electron chi connectivity index (χ1n) is 7.36. The average Bonchev–Trinajstić information content (AvgIpc) is 2.57. The smallest absolute Gasteiger partial charge is 0.175 e. The van der Waals surface area contributed by atoms with Crippen LogP contribution in [0, 0.1) is 5.82 Å². The summed E-state index contributed by atoms with van der Waals surface area (Å²) >= 11 is 0. The third-order valence-corrected chi connectivity index (χ3v) is 3.70. The van der Waals surface area contributed by atoms with E-state index in [9.17, 15) is 9.50 Å². The monoisotopic (exact) mass is 311 g/mol. The van der Waals surface area contributed by atoms with Gasteiger partial charge in [0.1, 0.15) is 0 Å². The van der Waals surface area contributed by atoms with Gasteiger partial charge in [0.2, 0.25) is 0 Å². The van der Waals surface area contributed by atoms with Crippen molar-refractivity contribution in [3.8, 4) is 5.75 Å². The van der Waals surface area contributed by atoms with E-state index < -0.39 is 5.82 Å². The molecule has 118 valence electrons. The van der Waals surface area contributed by atoms with E-state index in [0.29, 0.717) is 12.1 Å². The third-order valence-electron chi connectivity index (χ3n) is 3.70. The van der Waals surface area contributed by atoms with Crippen molar-refractivity contribution in [2.24, 2.45) is 4.99 Å². The highest BCUT2D eigenvalue weighted by atomic mass is 19.1. The molecule has 0 radical (unpaired) electrons. The van der Waals surface area contributed by atoms with Crippen LogP contribution in [-0.4, -0.2) is 29.6 Å². The average molecular weight is 311 g/mol. The zero-order valence-electron chi connectivity index (χ0n) is 12.8. The van der Waals surface area contributed by atoms with Crippen LogP contribution in [0.2, 0.25) is 0 Å². The molecule has 0 fully saturated rings.